The molecule has 3 rings (SSSR count). The van der Waals surface area contributed by atoms with Crippen LogP contribution in [0.15, 0.2) is 53.0 Å². The molecule has 0 radical (unpaired) electrons. The number of carbonyl (C=O) groups excluding carboxylic acids is 1. The third kappa shape index (κ3) is 6.94. The normalized spacial score (nSPS) is 15.9. The first-order valence-electron chi connectivity index (χ1n) is 12.2. The zero-order valence-electron chi connectivity index (χ0n) is 20.7. The summed E-state index contributed by atoms with van der Waals surface area (Å²) in [6.07, 6.45) is 15.0. The van der Waals surface area contributed by atoms with Crippen molar-refractivity contribution in [1.29, 1.82) is 0 Å². The van der Waals surface area contributed by atoms with Crippen LogP contribution in [0.5, 0.6) is 5.75 Å². The lowest BCUT2D eigenvalue weighted by atomic mass is 9.92. The van der Waals surface area contributed by atoms with Gasteiger partial charge in [-0.15, -0.1) is 0 Å². The maximum atomic E-state index is 12.6. The van der Waals surface area contributed by atoms with Crippen molar-refractivity contribution in [2.75, 3.05) is 13.2 Å². The van der Waals surface area contributed by atoms with E-state index in [2.05, 4.69) is 18.0 Å². The number of allylic oxidation sites excluding steroid dienone is 4. The Morgan fingerprint density at radius 2 is 2.14 bits per heavy atom. The van der Waals surface area contributed by atoms with E-state index in [1.165, 1.54) is 11.0 Å². The number of oxazole rings is 1. The smallest absolute Gasteiger partial charge is 0.331 e. The van der Waals surface area contributed by atoms with Crippen molar-refractivity contribution in [2.24, 2.45) is 0 Å². The van der Waals surface area contributed by atoms with E-state index in [0.29, 0.717) is 43.2 Å². The predicted octanol–water partition coefficient (Wildman–Crippen LogP) is 5.45. The number of carboxylic acid groups (broad SMARTS) is 1. The summed E-state index contributed by atoms with van der Waals surface area (Å²) >= 11 is 0. The second-order valence-corrected chi connectivity index (χ2v) is 8.47. The molecule has 186 valence electrons. The highest BCUT2D eigenvalue weighted by atomic mass is 16.5. The predicted molar refractivity (Wildman–Crippen MR) is 135 cm³/mol. The summed E-state index contributed by atoms with van der Waals surface area (Å²) in [6.45, 7) is 6.62. The van der Waals surface area contributed by atoms with E-state index < -0.39 is 12.0 Å². The molecule has 1 aliphatic heterocycles. The Morgan fingerprint density at radius 1 is 1.31 bits per heavy atom. The van der Waals surface area contributed by atoms with Crippen LogP contribution in [0.3, 0.4) is 0 Å². The number of carboxylic acids is 1. The van der Waals surface area contributed by atoms with Gasteiger partial charge in [0.1, 0.15) is 11.5 Å². The molecule has 1 aromatic heterocycles. The molecule has 1 N–H and O–H groups in total. The Bertz CT molecular complexity index is 1110. The first-order valence-corrected chi connectivity index (χ1v) is 12.2. The molecule has 7 heteroatoms. The van der Waals surface area contributed by atoms with Gasteiger partial charge in [0.15, 0.2) is 6.04 Å². The Hall–Kier alpha value is -3.61. The number of aliphatic carboxylic acids is 1. The maximum absolute atomic E-state index is 12.6. The van der Waals surface area contributed by atoms with Gasteiger partial charge in [-0.2, -0.15) is 0 Å². The number of hydrogen-bond acceptors (Lipinski definition) is 5. The second kappa shape index (κ2) is 12.7. The van der Waals surface area contributed by atoms with Crippen LogP contribution in [-0.2, 0) is 22.4 Å². The number of hydrogen-bond donors (Lipinski definition) is 1. The molecule has 0 saturated carbocycles. The third-order valence-corrected chi connectivity index (χ3v) is 5.91. The molecule has 1 aliphatic rings. The van der Waals surface area contributed by atoms with E-state index >= 15 is 0 Å². The lowest BCUT2D eigenvalue weighted by Gasteiger charge is -2.34. The quantitative estimate of drug-likeness (QED) is 0.262. The van der Waals surface area contributed by atoms with E-state index in [1.807, 2.05) is 32.1 Å². The molecular formula is C28H34N2O5. The summed E-state index contributed by atoms with van der Waals surface area (Å²) in [4.78, 5) is 30.7. The van der Waals surface area contributed by atoms with Crippen LogP contribution in [0.2, 0.25) is 0 Å². The van der Waals surface area contributed by atoms with Gasteiger partial charge in [-0.3, -0.25) is 4.79 Å². The fourth-order valence-electron chi connectivity index (χ4n) is 4.06. The van der Waals surface area contributed by atoms with Crippen molar-refractivity contribution in [3.63, 3.8) is 0 Å². The summed E-state index contributed by atoms with van der Waals surface area (Å²) < 4.78 is 11.7. The number of nitrogens with zero attached hydrogens (tertiary/aromatic N) is 2. The van der Waals surface area contributed by atoms with Crippen LogP contribution >= 0.6 is 0 Å². The Kier molecular flexibility index (Phi) is 9.47. The van der Waals surface area contributed by atoms with Crippen molar-refractivity contribution >= 4 is 18.0 Å². The molecule has 2 aromatic rings. The maximum Gasteiger partial charge on any atom is 0.331 e. The highest BCUT2D eigenvalue weighted by Crippen LogP contribution is 2.33. The molecule has 0 aliphatic carbocycles. The topological polar surface area (TPSA) is 92.9 Å². The number of aromatic nitrogens is 1. The molecule has 2 heterocycles. The van der Waals surface area contributed by atoms with Gasteiger partial charge in [-0.1, -0.05) is 50.1 Å². The minimum atomic E-state index is -1.06. The molecule has 0 spiro atoms. The average molecular weight is 479 g/mol. The van der Waals surface area contributed by atoms with Crippen molar-refractivity contribution < 1.29 is 23.8 Å². The number of ether oxygens (including phenoxy) is 1. The molecule has 1 unspecified atom stereocenters. The summed E-state index contributed by atoms with van der Waals surface area (Å²) in [7, 11) is 0. The summed E-state index contributed by atoms with van der Waals surface area (Å²) in [5.74, 6) is 0.539. The minimum absolute atomic E-state index is 0.325. The van der Waals surface area contributed by atoms with Crippen LogP contribution in [0.25, 0.3) is 6.08 Å². The summed E-state index contributed by atoms with van der Waals surface area (Å²) in [5.41, 5.74) is 2.34. The summed E-state index contributed by atoms with van der Waals surface area (Å²) in [6, 6.07) is 4.42. The van der Waals surface area contributed by atoms with Crippen molar-refractivity contribution in [3.05, 3.63) is 77.1 Å². The Labute approximate surface area is 206 Å². The first kappa shape index (κ1) is 26.0. The van der Waals surface area contributed by atoms with Crippen molar-refractivity contribution in [2.45, 2.75) is 58.9 Å². The van der Waals surface area contributed by atoms with E-state index in [4.69, 9.17) is 9.15 Å². The fraction of sp³-hybridized carbons (Fsp3) is 0.393. The van der Waals surface area contributed by atoms with Gasteiger partial charge in [0, 0.05) is 19.0 Å². The highest BCUT2D eigenvalue weighted by Gasteiger charge is 2.35. The molecule has 1 amide bonds. The Balaban J connectivity index is 1.67. The lowest BCUT2D eigenvalue weighted by Crippen LogP contribution is -2.42. The molecular weight excluding hydrogens is 444 g/mol. The number of unbranched alkanes of at least 4 members (excludes halogenated alkanes) is 2. The van der Waals surface area contributed by atoms with Crippen LogP contribution in [0.4, 0.5) is 0 Å². The minimum Gasteiger partial charge on any atom is -0.493 e. The lowest BCUT2D eigenvalue weighted by molar-refractivity contribution is -0.149. The van der Waals surface area contributed by atoms with Gasteiger partial charge >= 0.3 is 5.97 Å². The van der Waals surface area contributed by atoms with Crippen LogP contribution < -0.4 is 4.74 Å². The largest absolute Gasteiger partial charge is 0.493 e. The van der Waals surface area contributed by atoms with Gasteiger partial charge < -0.3 is 19.2 Å². The third-order valence-electron chi connectivity index (χ3n) is 5.91. The first-order chi connectivity index (χ1) is 16.9. The van der Waals surface area contributed by atoms with E-state index in [1.54, 1.807) is 24.3 Å². The van der Waals surface area contributed by atoms with E-state index in [0.717, 1.165) is 36.3 Å². The zero-order chi connectivity index (χ0) is 25.2. The van der Waals surface area contributed by atoms with Gasteiger partial charge in [-0.05, 0) is 56.0 Å². The molecule has 0 bridgehead atoms. The molecule has 0 fully saturated rings. The van der Waals surface area contributed by atoms with Crippen LogP contribution in [0, 0.1) is 6.92 Å². The number of rotatable bonds is 11. The SMILES string of the molecule is C/C=C/C=C/C(=O)N1CCc2ccc(OCCc3nc(/C=C/CCCC)oc3C)cc2C1C(=O)O. The summed E-state index contributed by atoms with van der Waals surface area (Å²) in [5, 5.41) is 9.92. The number of benzene rings is 1. The van der Waals surface area contributed by atoms with Gasteiger partial charge in [0.25, 0.3) is 0 Å². The standard InChI is InChI=1S/C28H34N2O5/c1-4-6-8-10-11-25-29-24(20(3)35-25)16-18-34-22-14-13-21-15-17-30(26(31)12-9-7-5-2)27(28(32)33)23(21)19-22/h5,7,9-14,19,27H,4,6,8,15-18H2,1-3H3,(H,32,33)/b7-5+,11-10+,12-9+. The average Bonchev–Trinajstić information content (AvgIpc) is 3.20. The molecule has 7 nitrogen and oxygen atoms in total. The molecule has 1 atom stereocenters. The molecule has 0 saturated heterocycles. The van der Waals surface area contributed by atoms with Gasteiger partial charge in [0.2, 0.25) is 11.8 Å². The van der Waals surface area contributed by atoms with Crippen LogP contribution in [-0.4, -0.2) is 40.0 Å². The number of fused-ring (bicyclic) bond motifs is 1. The van der Waals surface area contributed by atoms with E-state index in [-0.39, 0.29) is 5.91 Å². The van der Waals surface area contributed by atoms with Crippen molar-refractivity contribution in [1.82, 2.24) is 9.88 Å². The number of amides is 1. The number of carbonyl (C=O) groups is 2. The fourth-order valence-corrected chi connectivity index (χ4v) is 4.06. The molecule has 1 aromatic carbocycles. The van der Waals surface area contributed by atoms with Gasteiger partial charge in [0.05, 0.1) is 12.3 Å². The second-order valence-electron chi connectivity index (χ2n) is 8.47. The molecule has 35 heavy (non-hydrogen) atoms. The van der Waals surface area contributed by atoms with Crippen LogP contribution in [0.1, 0.15) is 67.6 Å². The highest BCUT2D eigenvalue weighted by molar-refractivity contribution is 5.92. The number of aryl methyl sites for hydroxylation is 1. The van der Waals surface area contributed by atoms with E-state index in [9.17, 15) is 14.7 Å². The monoisotopic (exact) mass is 478 g/mol. The zero-order valence-corrected chi connectivity index (χ0v) is 20.7. The van der Waals surface area contributed by atoms with Crippen molar-refractivity contribution in [3.8, 4) is 5.75 Å². The van der Waals surface area contributed by atoms with Gasteiger partial charge in [-0.25, -0.2) is 9.78 Å². The Morgan fingerprint density at radius 3 is 2.89 bits per heavy atom.